The number of nitrogens with zero attached hydrogens (tertiary/aromatic N) is 1. The lowest BCUT2D eigenvalue weighted by Gasteiger charge is -2.13. The Morgan fingerprint density at radius 1 is 1.38 bits per heavy atom. The maximum absolute atomic E-state index is 14.6. The zero-order chi connectivity index (χ0) is 18.0. The predicted octanol–water partition coefficient (Wildman–Crippen LogP) is 4.37. The lowest BCUT2D eigenvalue weighted by molar-refractivity contribution is 0.142. The van der Waals surface area contributed by atoms with Crippen molar-refractivity contribution in [1.82, 2.24) is 4.98 Å². The summed E-state index contributed by atoms with van der Waals surface area (Å²) in [5.41, 5.74) is 4.50. The molecule has 0 unspecified atom stereocenters. The number of ether oxygens (including phenoxy) is 2. The maximum Gasteiger partial charge on any atom is 0.512 e. The summed E-state index contributed by atoms with van der Waals surface area (Å²) in [5.74, 6) is -3.13. The van der Waals surface area contributed by atoms with Gasteiger partial charge in [0.15, 0.2) is 11.6 Å². The van der Waals surface area contributed by atoms with Gasteiger partial charge in [-0.2, -0.15) is 0 Å². The molecule has 2 rings (SSSR count). The smallest absolute Gasteiger partial charge is 0.489 e. The van der Waals surface area contributed by atoms with Crippen molar-refractivity contribution in [1.29, 1.82) is 0 Å². The number of carboxylic acid groups (broad SMARTS) is 1. The number of nitrogens with two attached hydrogens (primary N) is 1. The molecule has 24 heavy (non-hydrogen) atoms. The van der Waals surface area contributed by atoms with Crippen molar-refractivity contribution in [2.45, 2.75) is 6.92 Å². The number of nitrogen functional groups attached to an aromatic ring is 1. The normalized spacial score (nSPS) is 10.5. The molecule has 1 aromatic carbocycles. The highest BCUT2D eigenvalue weighted by atomic mass is 35.5. The molecule has 0 aliphatic carbocycles. The first-order valence-electron chi connectivity index (χ1n) is 6.43. The van der Waals surface area contributed by atoms with Crippen LogP contribution in [-0.4, -0.2) is 22.9 Å². The summed E-state index contributed by atoms with van der Waals surface area (Å²) in [7, 11) is 0. The summed E-state index contributed by atoms with van der Waals surface area (Å²) in [4.78, 5) is 14.4. The van der Waals surface area contributed by atoms with Gasteiger partial charge < -0.3 is 20.3 Å². The first kappa shape index (κ1) is 18.0. The quantitative estimate of drug-likeness (QED) is 0.766. The largest absolute Gasteiger partial charge is 0.512 e. The summed E-state index contributed by atoms with van der Waals surface area (Å²) in [6.45, 7) is 1.68. The van der Waals surface area contributed by atoms with E-state index in [4.69, 9.17) is 38.8 Å². The second-order valence-corrected chi connectivity index (χ2v) is 5.16. The standard InChI is InChI=1S/C14H10Cl2F2N2O4/c1-2-23-12-5(15)3-6(17)9(11(12)18)8-4-7(19)10(16)13(20-8)24-14(21)22/h3-4H,2H2,1H3,(H2,19,20)(H,21,22). The number of halogens is 4. The Hall–Kier alpha value is -2.32. The van der Waals surface area contributed by atoms with Gasteiger partial charge in [-0.15, -0.1) is 0 Å². The second kappa shape index (κ2) is 7.06. The molecule has 0 spiro atoms. The Morgan fingerprint density at radius 2 is 2.04 bits per heavy atom. The zero-order valence-electron chi connectivity index (χ0n) is 12.1. The third-order valence-electron chi connectivity index (χ3n) is 2.81. The van der Waals surface area contributed by atoms with Gasteiger partial charge >= 0.3 is 6.16 Å². The molecule has 0 bridgehead atoms. The molecule has 0 fully saturated rings. The summed E-state index contributed by atoms with van der Waals surface area (Å²) in [6.07, 6.45) is -1.71. The van der Waals surface area contributed by atoms with Crippen molar-refractivity contribution in [3.63, 3.8) is 0 Å². The zero-order valence-corrected chi connectivity index (χ0v) is 13.6. The molecule has 128 valence electrons. The van der Waals surface area contributed by atoms with Gasteiger partial charge in [0.05, 0.1) is 28.6 Å². The topological polar surface area (TPSA) is 94.7 Å². The summed E-state index contributed by atoms with van der Waals surface area (Å²) < 4.78 is 38.2. The van der Waals surface area contributed by atoms with Crippen LogP contribution in [0.4, 0.5) is 19.3 Å². The maximum atomic E-state index is 14.6. The van der Waals surface area contributed by atoms with Crippen LogP contribution < -0.4 is 15.2 Å². The van der Waals surface area contributed by atoms with Crippen molar-refractivity contribution >= 4 is 35.0 Å². The summed E-state index contributed by atoms with van der Waals surface area (Å²) in [5, 5.41) is 8.09. The minimum absolute atomic E-state index is 0.0886. The van der Waals surface area contributed by atoms with Crippen molar-refractivity contribution in [2.24, 2.45) is 0 Å². The fraction of sp³-hybridized carbons (Fsp3) is 0.143. The third kappa shape index (κ3) is 3.44. The van der Waals surface area contributed by atoms with Gasteiger partial charge in [-0.3, -0.25) is 0 Å². The molecule has 0 aliphatic rings. The molecule has 2 aromatic rings. The number of benzene rings is 1. The highest BCUT2D eigenvalue weighted by Crippen LogP contribution is 2.39. The molecule has 1 heterocycles. The Kier molecular flexibility index (Phi) is 5.30. The summed E-state index contributed by atoms with van der Waals surface area (Å²) >= 11 is 11.5. The molecule has 0 atom stereocenters. The molecule has 10 heteroatoms. The summed E-state index contributed by atoms with van der Waals surface area (Å²) in [6, 6.07) is 1.91. The minimum Gasteiger partial charge on any atom is -0.489 e. The Bertz CT molecular complexity index is 818. The van der Waals surface area contributed by atoms with Crippen molar-refractivity contribution in [2.75, 3.05) is 12.3 Å². The molecule has 0 saturated heterocycles. The van der Waals surface area contributed by atoms with E-state index >= 15 is 0 Å². The number of hydrogen-bond acceptors (Lipinski definition) is 5. The van der Waals surface area contributed by atoms with Gasteiger partial charge in [-0.05, 0) is 19.1 Å². The van der Waals surface area contributed by atoms with Crippen LogP contribution in [0.1, 0.15) is 6.92 Å². The molecule has 1 aromatic heterocycles. The van der Waals surface area contributed by atoms with E-state index in [9.17, 15) is 13.6 Å². The van der Waals surface area contributed by atoms with E-state index in [1.807, 2.05) is 0 Å². The molecule has 0 aliphatic heterocycles. The molecule has 0 radical (unpaired) electrons. The molecule has 3 N–H and O–H groups in total. The first-order valence-corrected chi connectivity index (χ1v) is 7.19. The fourth-order valence-corrected chi connectivity index (χ4v) is 2.26. The monoisotopic (exact) mass is 378 g/mol. The van der Waals surface area contributed by atoms with Crippen molar-refractivity contribution in [3.8, 4) is 22.9 Å². The van der Waals surface area contributed by atoms with Gasteiger partial charge in [0.2, 0.25) is 5.88 Å². The van der Waals surface area contributed by atoms with E-state index < -0.39 is 29.2 Å². The lowest BCUT2D eigenvalue weighted by Crippen LogP contribution is -2.07. The minimum atomic E-state index is -1.71. The average molecular weight is 379 g/mol. The van der Waals surface area contributed by atoms with Crippen LogP contribution in [0, 0.1) is 11.6 Å². The van der Waals surface area contributed by atoms with E-state index in [2.05, 4.69) is 9.72 Å². The number of rotatable bonds is 4. The van der Waals surface area contributed by atoms with E-state index in [-0.39, 0.29) is 33.8 Å². The van der Waals surface area contributed by atoms with Crippen LogP contribution >= 0.6 is 23.2 Å². The van der Waals surface area contributed by atoms with Gasteiger partial charge in [0, 0.05) is 0 Å². The van der Waals surface area contributed by atoms with E-state index in [1.54, 1.807) is 6.92 Å². The van der Waals surface area contributed by atoms with Gasteiger partial charge in [0.1, 0.15) is 10.8 Å². The Labute approximate surface area is 144 Å². The second-order valence-electron chi connectivity index (χ2n) is 4.38. The van der Waals surface area contributed by atoms with Crippen molar-refractivity contribution < 1.29 is 28.2 Å². The highest BCUT2D eigenvalue weighted by molar-refractivity contribution is 6.34. The van der Waals surface area contributed by atoms with Crippen molar-refractivity contribution in [3.05, 3.63) is 33.8 Å². The number of hydrogen-bond donors (Lipinski definition) is 2. The Balaban J connectivity index is 2.70. The van der Waals surface area contributed by atoms with E-state index in [0.717, 1.165) is 12.1 Å². The van der Waals surface area contributed by atoms with E-state index in [1.165, 1.54) is 0 Å². The van der Waals surface area contributed by atoms with Gasteiger partial charge in [0.25, 0.3) is 0 Å². The molecule has 6 nitrogen and oxygen atoms in total. The average Bonchev–Trinajstić information content (AvgIpc) is 2.47. The van der Waals surface area contributed by atoms with Gasteiger partial charge in [-0.25, -0.2) is 18.6 Å². The number of pyridine rings is 1. The fourth-order valence-electron chi connectivity index (χ4n) is 1.89. The van der Waals surface area contributed by atoms with Crippen LogP contribution in [0.3, 0.4) is 0 Å². The van der Waals surface area contributed by atoms with Gasteiger partial charge in [-0.1, -0.05) is 23.2 Å². The van der Waals surface area contributed by atoms with Crippen LogP contribution in [-0.2, 0) is 0 Å². The predicted molar refractivity (Wildman–Crippen MR) is 83.8 cm³/mol. The number of anilines is 1. The highest BCUT2D eigenvalue weighted by Gasteiger charge is 2.24. The van der Waals surface area contributed by atoms with Crippen LogP contribution in [0.5, 0.6) is 11.6 Å². The SMILES string of the molecule is CCOc1c(Cl)cc(F)c(-c2cc(N)c(Cl)c(OC(=O)O)n2)c1F. The lowest BCUT2D eigenvalue weighted by atomic mass is 10.1. The van der Waals surface area contributed by atoms with Crippen LogP contribution in [0.2, 0.25) is 10.0 Å². The number of carbonyl (C=O) groups is 1. The van der Waals surface area contributed by atoms with Crippen LogP contribution in [0.15, 0.2) is 12.1 Å². The molecule has 0 amide bonds. The molecular formula is C14H10Cl2F2N2O4. The first-order chi connectivity index (χ1) is 11.3. The molecular weight excluding hydrogens is 369 g/mol. The Morgan fingerprint density at radius 3 is 2.62 bits per heavy atom. The third-order valence-corrected chi connectivity index (χ3v) is 3.47. The molecule has 0 saturated carbocycles. The van der Waals surface area contributed by atoms with E-state index in [0.29, 0.717) is 0 Å². The number of aromatic nitrogens is 1. The van der Waals surface area contributed by atoms with Crippen LogP contribution in [0.25, 0.3) is 11.3 Å².